The number of nitrogens with zero attached hydrogens (tertiary/aromatic N) is 7. The molecule has 0 radical (unpaired) electrons. The van der Waals surface area contributed by atoms with Crippen LogP contribution in [0.3, 0.4) is 0 Å². The van der Waals surface area contributed by atoms with E-state index >= 15 is 0 Å². The van der Waals surface area contributed by atoms with Crippen LogP contribution in [0.1, 0.15) is 5.69 Å². The van der Waals surface area contributed by atoms with Crippen molar-refractivity contribution >= 4 is 11.5 Å². The minimum atomic E-state index is 0.0405. The summed E-state index contributed by atoms with van der Waals surface area (Å²) in [6, 6.07) is 1.66. The summed E-state index contributed by atoms with van der Waals surface area (Å²) in [6.07, 6.45) is 3.08. The van der Waals surface area contributed by atoms with Crippen molar-refractivity contribution in [2.24, 2.45) is 0 Å². The van der Waals surface area contributed by atoms with Crippen molar-refractivity contribution in [1.82, 2.24) is 19.7 Å². The normalized spacial score (nSPS) is 9.44. The van der Waals surface area contributed by atoms with E-state index in [0.717, 1.165) is 0 Å². The van der Waals surface area contributed by atoms with E-state index in [4.69, 9.17) is 12.0 Å². The maximum atomic E-state index is 8.87. The molecule has 0 spiro atoms. The van der Waals surface area contributed by atoms with Gasteiger partial charge in [-0.1, -0.05) is 9.78 Å². The molecule has 0 aliphatic heterocycles. The Labute approximate surface area is 90.8 Å². The van der Waals surface area contributed by atoms with E-state index in [-0.39, 0.29) is 17.5 Å². The highest BCUT2D eigenvalue weighted by Crippen LogP contribution is 2.32. The van der Waals surface area contributed by atoms with Crippen molar-refractivity contribution in [2.75, 3.05) is 0 Å². The molecule has 7 nitrogen and oxygen atoms in total. The summed E-state index contributed by atoms with van der Waals surface area (Å²) in [5.74, 6) is 0.298. The van der Waals surface area contributed by atoms with Crippen LogP contribution in [0, 0.1) is 18.9 Å². The Bertz CT molecular complexity index is 599. The summed E-state index contributed by atoms with van der Waals surface area (Å²) in [7, 11) is 0. The molecule has 76 valence electrons. The summed E-state index contributed by atoms with van der Waals surface area (Å²) in [5, 5.41) is 12.9. The first-order valence-electron chi connectivity index (χ1n) is 4.37. The molecular weight excluding hydrogens is 206 g/mol. The van der Waals surface area contributed by atoms with Gasteiger partial charge in [0.1, 0.15) is 0 Å². The monoisotopic (exact) mass is 212 g/mol. The molecule has 0 aliphatic rings. The van der Waals surface area contributed by atoms with Crippen molar-refractivity contribution in [3.8, 4) is 5.95 Å². The Morgan fingerprint density at radius 3 is 2.62 bits per heavy atom. The first kappa shape index (κ1) is 9.74. The third-order valence-electron chi connectivity index (χ3n) is 1.95. The van der Waals surface area contributed by atoms with E-state index in [1.54, 1.807) is 13.0 Å². The van der Waals surface area contributed by atoms with Crippen molar-refractivity contribution < 1.29 is 0 Å². The number of hydrogen-bond donors (Lipinski definition) is 0. The maximum absolute atomic E-state index is 8.87. The molecule has 2 rings (SSSR count). The molecule has 0 aromatic carbocycles. The topological polar surface area (TPSA) is 76.1 Å². The van der Waals surface area contributed by atoms with Gasteiger partial charge < -0.3 is 0 Å². The van der Waals surface area contributed by atoms with Gasteiger partial charge >= 0.3 is 17.5 Å². The molecule has 16 heavy (non-hydrogen) atoms. The third-order valence-corrected chi connectivity index (χ3v) is 1.95. The molecule has 0 saturated carbocycles. The first-order valence-corrected chi connectivity index (χ1v) is 4.37. The fourth-order valence-electron chi connectivity index (χ4n) is 1.27. The van der Waals surface area contributed by atoms with Crippen molar-refractivity contribution in [3.63, 3.8) is 0 Å². The number of diazo groups is 1. The molecule has 0 aliphatic carbocycles. The van der Waals surface area contributed by atoms with Crippen LogP contribution in [0.4, 0.5) is 11.5 Å². The number of rotatable bonds is 1. The molecule has 0 unspecified atom stereocenters. The summed E-state index contributed by atoms with van der Waals surface area (Å²) in [6.45, 7) is 8.62. The molecule has 2 aromatic rings. The summed E-state index contributed by atoms with van der Waals surface area (Å²) >= 11 is 0. The van der Waals surface area contributed by atoms with Crippen LogP contribution in [-0.2, 0) is 0 Å². The lowest BCUT2D eigenvalue weighted by Gasteiger charge is -1.89. The lowest BCUT2D eigenvalue weighted by Crippen LogP contribution is -2.01. The van der Waals surface area contributed by atoms with Gasteiger partial charge in [-0.25, -0.2) is 4.85 Å². The lowest BCUT2D eigenvalue weighted by molar-refractivity contribution is 0.807. The van der Waals surface area contributed by atoms with Gasteiger partial charge in [-0.15, -0.1) is 0 Å². The lowest BCUT2D eigenvalue weighted by atomic mass is 10.4. The molecule has 0 saturated heterocycles. The van der Waals surface area contributed by atoms with Crippen LogP contribution in [-0.4, -0.2) is 19.7 Å². The summed E-state index contributed by atoms with van der Waals surface area (Å²) in [5.41, 5.74) is 0.658. The zero-order chi connectivity index (χ0) is 11.5. The van der Waals surface area contributed by atoms with Crippen molar-refractivity contribution in [3.05, 3.63) is 40.5 Å². The highest BCUT2D eigenvalue weighted by atomic mass is 15.4. The van der Waals surface area contributed by atoms with Crippen LogP contribution in [0.15, 0.2) is 18.5 Å². The van der Waals surface area contributed by atoms with Crippen molar-refractivity contribution in [1.29, 1.82) is 5.39 Å². The largest absolute Gasteiger partial charge is 0.463 e. The van der Waals surface area contributed by atoms with E-state index in [0.29, 0.717) is 5.69 Å². The van der Waals surface area contributed by atoms with E-state index in [2.05, 4.69) is 24.9 Å². The molecule has 2 heterocycles. The van der Waals surface area contributed by atoms with Gasteiger partial charge in [-0.05, 0) is 13.0 Å². The minimum Gasteiger partial charge on any atom is -0.226 e. The van der Waals surface area contributed by atoms with Gasteiger partial charge in [-0.3, -0.25) is 0 Å². The van der Waals surface area contributed by atoms with Crippen LogP contribution in [0.5, 0.6) is 0 Å². The van der Waals surface area contributed by atoms with Crippen molar-refractivity contribution in [2.45, 2.75) is 6.92 Å². The van der Waals surface area contributed by atoms with Crippen LogP contribution in [0.25, 0.3) is 15.8 Å². The highest BCUT2D eigenvalue weighted by Gasteiger charge is 2.29. The number of aryl methyl sites for hydroxylation is 1. The van der Waals surface area contributed by atoms with Gasteiger partial charge in [-0.2, -0.15) is 9.97 Å². The maximum Gasteiger partial charge on any atom is 0.463 e. The SMILES string of the molecule is [C-]#[N+]c1c(C)nn(-c2ncccn2)c1[N+]#N. The Balaban J connectivity index is 2.70. The van der Waals surface area contributed by atoms with E-state index in [1.807, 2.05) is 0 Å². The molecular formula is C9H6N7+. The molecule has 0 atom stereocenters. The standard InChI is InChI=1S/C9H6N7/c1-6-7(11-2)8(14-10)16(15-6)9-12-4-3-5-13-9/h3-5H,1H3/q+1. The zero-order valence-corrected chi connectivity index (χ0v) is 8.36. The highest BCUT2D eigenvalue weighted by molar-refractivity contribution is 5.70. The minimum absolute atomic E-state index is 0.0405. The third kappa shape index (κ3) is 1.37. The first-order chi connectivity index (χ1) is 7.77. The number of aromatic nitrogens is 4. The second-order valence-electron chi connectivity index (χ2n) is 2.93. The van der Waals surface area contributed by atoms with Gasteiger partial charge in [0.05, 0.1) is 17.7 Å². The van der Waals surface area contributed by atoms with Gasteiger partial charge in [0, 0.05) is 17.4 Å². The molecule has 0 fully saturated rings. The molecule has 0 amide bonds. The van der Waals surface area contributed by atoms with Gasteiger partial charge in [0.25, 0.3) is 0 Å². The quantitative estimate of drug-likeness (QED) is 0.535. The zero-order valence-electron chi connectivity index (χ0n) is 8.36. The Morgan fingerprint density at radius 2 is 2.06 bits per heavy atom. The number of hydrogen-bond acceptors (Lipinski definition) is 4. The van der Waals surface area contributed by atoms with E-state index < -0.39 is 0 Å². The molecule has 7 heteroatoms. The molecule has 0 N–H and O–H groups in total. The van der Waals surface area contributed by atoms with Gasteiger partial charge in [0.15, 0.2) is 0 Å². The van der Waals surface area contributed by atoms with Crippen LogP contribution >= 0.6 is 0 Å². The summed E-state index contributed by atoms with van der Waals surface area (Å²) < 4.78 is 1.22. The van der Waals surface area contributed by atoms with Crippen LogP contribution < -0.4 is 0 Å². The average molecular weight is 212 g/mol. The van der Waals surface area contributed by atoms with E-state index in [9.17, 15) is 0 Å². The molecule has 0 bridgehead atoms. The second-order valence-corrected chi connectivity index (χ2v) is 2.93. The fourth-order valence-corrected chi connectivity index (χ4v) is 1.27. The Hall–Kier alpha value is -2.80. The fraction of sp³-hybridized carbons (Fsp3) is 0.111. The average Bonchev–Trinajstić information content (AvgIpc) is 2.66. The smallest absolute Gasteiger partial charge is 0.226 e. The second kappa shape index (κ2) is 3.75. The Kier molecular flexibility index (Phi) is 2.28. The van der Waals surface area contributed by atoms with Gasteiger partial charge in [0.2, 0.25) is 0 Å². The van der Waals surface area contributed by atoms with E-state index in [1.165, 1.54) is 17.1 Å². The predicted molar refractivity (Wildman–Crippen MR) is 54.9 cm³/mol. The van der Waals surface area contributed by atoms with Crippen LogP contribution in [0.2, 0.25) is 0 Å². The summed E-state index contributed by atoms with van der Waals surface area (Å²) in [4.78, 5) is 14.2. The Morgan fingerprint density at radius 1 is 1.38 bits per heavy atom. The predicted octanol–water partition coefficient (Wildman–Crippen LogP) is 2.01. The molecule has 2 aromatic heterocycles.